The van der Waals surface area contributed by atoms with Crippen LogP contribution in [-0.2, 0) is 4.79 Å². The molecular weight excluding hydrogens is 212 g/mol. The summed E-state index contributed by atoms with van der Waals surface area (Å²) >= 11 is 0. The maximum Gasteiger partial charge on any atom is 0.224 e. The van der Waals surface area contributed by atoms with Gasteiger partial charge in [0.05, 0.1) is 0 Å². The molecule has 98 valence electrons. The molecule has 1 aliphatic carbocycles. The van der Waals surface area contributed by atoms with Gasteiger partial charge in [0.2, 0.25) is 5.91 Å². The number of hydrogen-bond donors (Lipinski definition) is 1. The molecule has 1 aliphatic heterocycles. The zero-order chi connectivity index (χ0) is 12.3. The van der Waals surface area contributed by atoms with Crippen molar-refractivity contribution in [2.45, 2.75) is 76.3 Å². The van der Waals surface area contributed by atoms with Crippen LogP contribution in [0.25, 0.3) is 0 Å². The van der Waals surface area contributed by atoms with Gasteiger partial charge >= 0.3 is 0 Å². The van der Waals surface area contributed by atoms with Gasteiger partial charge in [-0.3, -0.25) is 4.79 Å². The first-order chi connectivity index (χ1) is 8.11. The van der Waals surface area contributed by atoms with Crippen LogP contribution in [-0.4, -0.2) is 28.9 Å². The summed E-state index contributed by atoms with van der Waals surface area (Å²) in [6, 6.07) is 0.420. The van der Waals surface area contributed by atoms with E-state index in [4.69, 9.17) is 5.73 Å². The molecule has 1 unspecified atom stereocenters. The second-order valence-electron chi connectivity index (χ2n) is 6.03. The number of amides is 1. The van der Waals surface area contributed by atoms with Gasteiger partial charge in [0, 0.05) is 24.5 Å². The zero-order valence-electron chi connectivity index (χ0n) is 11.1. The normalized spacial score (nSPS) is 29.1. The number of piperidine rings is 1. The molecule has 1 amide bonds. The standard InChI is InChI=1S/C14H26N2O/c1-12-7-3-6-10-16(12)13(17)11-14(15)8-4-2-5-9-14/h12H,2-11,15H2,1H3. The molecule has 0 aromatic heterocycles. The van der Waals surface area contributed by atoms with E-state index >= 15 is 0 Å². The fourth-order valence-corrected chi connectivity index (χ4v) is 3.30. The average molecular weight is 238 g/mol. The van der Waals surface area contributed by atoms with Gasteiger partial charge in [-0.25, -0.2) is 0 Å². The maximum absolute atomic E-state index is 12.3. The Morgan fingerprint density at radius 1 is 1.24 bits per heavy atom. The Hall–Kier alpha value is -0.570. The molecule has 0 aromatic carbocycles. The second-order valence-corrected chi connectivity index (χ2v) is 6.03. The Balaban J connectivity index is 1.90. The van der Waals surface area contributed by atoms with Crippen molar-refractivity contribution in [1.82, 2.24) is 4.90 Å². The quantitative estimate of drug-likeness (QED) is 0.803. The summed E-state index contributed by atoms with van der Waals surface area (Å²) in [6.45, 7) is 3.11. The molecule has 2 fully saturated rings. The van der Waals surface area contributed by atoms with Crippen molar-refractivity contribution >= 4 is 5.91 Å². The Bertz CT molecular complexity index is 271. The lowest BCUT2D eigenvalue weighted by Crippen LogP contribution is -2.49. The van der Waals surface area contributed by atoms with Gasteiger partial charge in [0.25, 0.3) is 0 Å². The van der Waals surface area contributed by atoms with E-state index in [-0.39, 0.29) is 5.54 Å². The Kier molecular flexibility index (Phi) is 4.08. The largest absolute Gasteiger partial charge is 0.340 e. The van der Waals surface area contributed by atoms with Gasteiger partial charge in [-0.2, -0.15) is 0 Å². The molecule has 3 nitrogen and oxygen atoms in total. The van der Waals surface area contributed by atoms with Crippen molar-refractivity contribution in [3.8, 4) is 0 Å². The van der Waals surface area contributed by atoms with Crippen molar-refractivity contribution in [1.29, 1.82) is 0 Å². The highest BCUT2D eigenvalue weighted by atomic mass is 16.2. The molecule has 17 heavy (non-hydrogen) atoms. The van der Waals surface area contributed by atoms with Gasteiger partial charge in [-0.05, 0) is 39.0 Å². The van der Waals surface area contributed by atoms with Crippen LogP contribution >= 0.6 is 0 Å². The molecular formula is C14H26N2O. The van der Waals surface area contributed by atoms with Gasteiger partial charge in [0.15, 0.2) is 0 Å². The van der Waals surface area contributed by atoms with Crippen LogP contribution in [0.3, 0.4) is 0 Å². The van der Waals surface area contributed by atoms with Gasteiger partial charge < -0.3 is 10.6 Å². The Morgan fingerprint density at radius 2 is 1.94 bits per heavy atom. The lowest BCUT2D eigenvalue weighted by atomic mass is 9.79. The zero-order valence-corrected chi connectivity index (χ0v) is 11.1. The summed E-state index contributed by atoms with van der Waals surface area (Å²) < 4.78 is 0. The molecule has 0 spiro atoms. The monoisotopic (exact) mass is 238 g/mol. The highest BCUT2D eigenvalue weighted by molar-refractivity contribution is 5.77. The van der Waals surface area contributed by atoms with E-state index in [9.17, 15) is 4.79 Å². The Labute approximate surface area is 105 Å². The van der Waals surface area contributed by atoms with Crippen LogP contribution < -0.4 is 5.73 Å². The van der Waals surface area contributed by atoms with E-state index in [0.717, 1.165) is 32.2 Å². The lowest BCUT2D eigenvalue weighted by Gasteiger charge is -2.38. The molecule has 0 bridgehead atoms. The summed E-state index contributed by atoms with van der Waals surface area (Å²) in [7, 11) is 0. The van der Waals surface area contributed by atoms with E-state index in [1.165, 1.54) is 25.7 Å². The topological polar surface area (TPSA) is 46.3 Å². The van der Waals surface area contributed by atoms with Crippen molar-refractivity contribution < 1.29 is 4.79 Å². The van der Waals surface area contributed by atoms with Crippen molar-refractivity contribution in [3.63, 3.8) is 0 Å². The van der Waals surface area contributed by atoms with Crippen LogP contribution in [0, 0.1) is 0 Å². The number of hydrogen-bond acceptors (Lipinski definition) is 2. The number of likely N-dealkylation sites (tertiary alicyclic amines) is 1. The smallest absolute Gasteiger partial charge is 0.224 e. The van der Waals surface area contributed by atoms with Crippen LogP contribution in [0.4, 0.5) is 0 Å². The van der Waals surface area contributed by atoms with Gasteiger partial charge in [-0.15, -0.1) is 0 Å². The summed E-state index contributed by atoms with van der Waals surface area (Å²) in [4.78, 5) is 14.4. The fourth-order valence-electron chi connectivity index (χ4n) is 3.30. The molecule has 1 saturated heterocycles. The Morgan fingerprint density at radius 3 is 2.59 bits per heavy atom. The molecule has 1 saturated carbocycles. The van der Waals surface area contributed by atoms with Crippen molar-refractivity contribution in [2.75, 3.05) is 6.54 Å². The van der Waals surface area contributed by atoms with E-state index in [1.54, 1.807) is 0 Å². The van der Waals surface area contributed by atoms with E-state index in [0.29, 0.717) is 18.4 Å². The van der Waals surface area contributed by atoms with Gasteiger partial charge in [-0.1, -0.05) is 19.3 Å². The molecule has 0 aromatic rings. The minimum atomic E-state index is -0.202. The SMILES string of the molecule is CC1CCCCN1C(=O)CC1(N)CCCCC1. The van der Waals surface area contributed by atoms with Crippen molar-refractivity contribution in [2.24, 2.45) is 5.73 Å². The van der Waals surface area contributed by atoms with Gasteiger partial charge in [0.1, 0.15) is 0 Å². The molecule has 3 heteroatoms. The number of carbonyl (C=O) groups is 1. The number of nitrogens with two attached hydrogens (primary N) is 1. The van der Waals surface area contributed by atoms with Crippen molar-refractivity contribution in [3.05, 3.63) is 0 Å². The summed E-state index contributed by atoms with van der Waals surface area (Å²) in [5.74, 6) is 0.293. The highest BCUT2D eigenvalue weighted by Crippen LogP contribution is 2.30. The molecule has 1 heterocycles. The van der Waals surface area contributed by atoms with E-state index in [2.05, 4.69) is 11.8 Å². The predicted octanol–water partition coefficient (Wildman–Crippen LogP) is 2.44. The van der Waals surface area contributed by atoms with E-state index < -0.39 is 0 Å². The van der Waals surface area contributed by atoms with E-state index in [1.807, 2.05) is 0 Å². The van der Waals surface area contributed by atoms with Crippen LogP contribution in [0.2, 0.25) is 0 Å². The van der Waals surface area contributed by atoms with Crippen LogP contribution in [0.15, 0.2) is 0 Å². The third-order valence-corrected chi connectivity index (χ3v) is 4.48. The number of carbonyl (C=O) groups excluding carboxylic acids is 1. The maximum atomic E-state index is 12.3. The first-order valence-electron chi connectivity index (χ1n) is 7.19. The lowest BCUT2D eigenvalue weighted by molar-refractivity contribution is -0.136. The molecule has 2 N–H and O–H groups in total. The summed E-state index contributed by atoms with van der Waals surface area (Å²) in [5, 5.41) is 0. The molecule has 0 radical (unpaired) electrons. The molecule has 1 atom stereocenters. The third-order valence-electron chi connectivity index (χ3n) is 4.48. The average Bonchev–Trinajstić information content (AvgIpc) is 2.29. The number of nitrogens with zero attached hydrogens (tertiary/aromatic N) is 1. The summed E-state index contributed by atoms with van der Waals surface area (Å²) in [6.07, 6.45) is 9.88. The molecule has 2 aliphatic rings. The first-order valence-corrected chi connectivity index (χ1v) is 7.19. The fraction of sp³-hybridized carbons (Fsp3) is 0.929. The second kappa shape index (κ2) is 5.38. The minimum absolute atomic E-state index is 0.202. The van der Waals surface area contributed by atoms with Crippen LogP contribution in [0.1, 0.15) is 64.7 Å². The predicted molar refractivity (Wildman–Crippen MR) is 69.6 cm³/mol. The first kappa shape index (κ1) is 12.9. The summed E-state index contributed by atoms with van der Waals surface area (Å²) in [5.41, 5.74) is 6.16. The van der Waals surface area contributed by atoms with Crippen LogP contribution in [0.5, 0.6) is 0 Å². The molecule has 2 rings (SSSR count). The third kappa shape index (κ3) is 3.21. The number of rotatable bonds is 2. The minimum Gasteiger partial charge on any atom is -0.340 e. The highest BCUT2D eigenvalue weighted by Gasteiger charge is 2.33.